The van der Waals surface area contributed by atoms with E-state index in [-0.39, 0.29) is 18.1 Å². The molecule has 0 aliphatic heterocycles. The fourth-order valence-corrected chi connectivity index (χ4v) is 1.86. The van der Waals surface area contributed by atoms with Crippen molar-refractivity contribution in [2.45, 2.75) is 13.8 Å². The van der Waals surface area contributed by atoms with Crippen LogP contribution in [0, 0.1) is 5.41 Å². The van der Waals surface area contributed by atoms with E-state index in [1.807, 2.05) is 19.9 Å². The molecule has 0 radical (unpaired) electrons. The second-order valence-electron chi connectivity index (χ2n) is 5.60. The number of aromatic amines is 1. The Morgan fingerprint density at radius 2 is 2.05 bits per heavy atom. The van der Waals surface area contributed by atoms with Crippen LogP contribution in [0.15, 0.2) is 35.1 Å². The van der Waals surface area contributed by atoms with E-state index in [0.29, 0.717) is 23.0 Å². The minimum Gasteiger partial charge on any atom is -0.396 e. The first kappa shape index (κ1) is 14.3. The first-order chi connectivity index (χ1) is 9.43. The standard InChI is InChI=1S/C15H18N2O3/c1-15(2,9-18)8-16-14(20)11-7-13(19)17-12-6-4-3-5-10(11)12/h3-7,18H,8-9H2,1-2H3,(H,16,20)(H,17,19). The highest BCUT2D eigenvalue weighted by molar-refractivity contribution is 6.05. The molecule has 20 heavy (non-hydrogen) atoms. The number of carbonyl (C=O) groups excluding carboxylic acids is 1. The van der Waals surface area contributed by atoms with Gasteiger partial charge >= 0.3 is 0 Å². The van der Waals surface area contributed by atoms with Gasteiger partial charge in [-0.15, -0.1) is 0 Å². The number of aliphatic hydroxyl groups excluding tert-OH is 1. The molecular weight excluding hydrogens is 256 g/mol. The molecule has 1 aromatic heterocycles. The van der Waals surface area contributed by atoms with E-state index in [4.69, 9.17) is 0 Å². The lowest BCUT2D eigenvalue weighted by Gasteiger charge is -2.22. The molecule has 0 saturated heterocycles. The highest BCUT2D eigenvalue weighted by atomic mass is 16.3. The number of aliphatic hydroxyl groups is 1. The number of H-pyrrole nitrogens is 1. The van der Waals surface area contributed by atoms with Crippen LogP contribution in [0.3, 0.4) is 0 Å². The van der Waals surface area contributed by atoms with Crippen LogP contribution in [0.5, 0.6) is 0 Å². The molecular formula is C15H18N2O3. The number of hydrogen-bond acceptors (Lipinski definition) is 3. The molecule has 0 bridgehead atoms. The van der Waals surface area contributed by atoms with Gasteiger partial charge in [-0.2, -0.15) is 0 Å². The highest BCUT2D eigenvalue weighted by Crippen LogP contribution is 2.16. The Balaban J connectivity index is 2.33. The van der Waals surface area contributed by atoms with Crippen molar-refractivity contribution in [2.24, 2.45) is 5.41 Å². The predicted octanol–water partition coefficient (Wildman–Crippen LogP) is 1.28. The van der Waals surface area contributed by atoms with Crippen LogP contribution >= 0.6 is 0 Å². The Morgan fingerprint density at radius 3 is 2.75 bits per heavy atom. The summed E-state index contributed by atoms with van der Waals surface area (Å²) in [4.78, 5) is 26.5. The number of rotatable bonds is 4. The van der Waals surface area contributed by atoms with Crippen molar-refractivity contribution < 1.29 is 9.90 Å². The molecule has 2 rings (SSSR count). The van der Waals surface area contributed by atoms with Crippen LogP contribution in [-0.2, 0) is 0 Å². The minimum atomic E-state index is -0.396. The summed E-state index contributed by atoms with van der Waals surface area (Å²) in [6.45, 7) is 4.01. The van der Waals surface area contributed by atoms with E-state index < -0.39 is 5.41 Å². The molecule has 5 nitrogen and oxygen atoms in total. The Bertz CT molecular complexity index is 689. The molecule has 0 saturated carbocycles. The Morgan fingerprint density at radius 1 is 1.35 bits per heavy atom. The highest BCUT2D eigenvalue weighted by Gasteiger charge is 2.19. The maximum absolute atomic E-state index is 12.2. The molecule has 1 heterocycles. The lowest BCUT2D eigenvalue weighted by Crippen LogP contribution is -2.36. The van der Waals surface area contributed by atoms with Gasteiger partial charge in [0.2, 0.25) is 5.56 Å². The van der Waals surface area contributed by atoms with Gasteiger partial charge < -0.3 is 15.4 Å². The van der Waals surface area contributed by atoms with Crippen LogP contribution in [0.2, 0.25) is 0 Å². The van der Waals surface area contributed by atoms with Crippen molar-refractivity contribution in [3.63, 3.8) is 0 Å². The van der Waals surface area contributed by atoms with Crippen molar-refractivity contribution in [3.8, 4) is 0 Å². The Hall–Kier alpha value is -2.14. The first-order valence-electron chi connectivity index (χ1n) is 6.44. The summed E-state index contributed by atoms with van der Waals surface area (Å²) in [6.07, 6.45) is 0. The number of nitrogens with one attached hydrogen (secondary N) is 2. The molecule has 0 unspecified atom stereocenters. The van der Waals surface area contributed by atoms with Crippen molar-refractivity contribution in [1.29, 1.82) is 0 Å². The fraction of sp³-hybridized carbons (Fsp3) is 0.333. The molecule has 0 atom stereocenters. The monoisotopic (exact) mass is 274 g/mol. The van der Waals surface area contributed by atoms with E-state index in [1.165, 1.54) is 6.07 Å². The maximum atomic E-state index is 12.2. The molecule has 106 valence electrons. The van der Waals surface area contributed by atoms with Gasteiger partial charge in [0.15, 0.2) is 0 Å². The molecule has 5 heteroatoms. The number of hydrogen-bond donors (Lipinski definition) is 3. The van der Waals surface area contributed by atoms with E-state index in [1.54, 1.807) is 18.2 Å². The van der Waals surface area contributed by atoms with Gasteiger partial charge in [-0.05, 0) is 6.07 Å². The van der Waals surface area contributed by atoms with Crippen molar-refractivity contribution in [3.05, 3.63) is 46.2 Å². The smallest absolute Gasteiger partial charge is 0.252 e. The van der Waals surface area contributed by atoms with Crippen LogP contribution in [0.4, 0.5) is 0 Å². The van der Waals surface area contributed by atoms with Gasteiger partial charge in [0.1, 0.15) is 0 Å². The normalized spacial score (nSPS) is 11.6. The summed E-state index contributed by atoms with van der Waals surface area (Å²) in [5.41, 5.74) is 0.270. The van der Waals surface area contributed by atoms with Crippen molar-refractivity contribution >= 4 is 16.8 Å². The summed E-state index contributed by atoms with van der Waals surface area (Å²) in [5, 5.41) is 12.6. The van der Waals surface area contributed by atoms with E-state index >= 15 is 0 Å². The quantitative estimate of drug-likeness (QED) is 0.785. The second kappa shape index (κ2) is 5.46. The average molecular weight is 274 g/mol. The maximum Gasteiger partial charge on any atom is 0.252 e. The van der Waals surface area contributed by atoms with Crippen LogP contribution in [-0.4, -0.2) is 29.1 Å². The number of amides is 1. The molecule has 0 aliphatic rings. The molecule has 0 spiro atoms. The first-order valence-corrected chi connectivity index (χ1v) is 6.44. The van der Waals surface area contributed by atoms with E-state index in [9.17, 15) is 14.7 Å². The second-order valence-corrected chi connectivity index (χ2v) is 5.60. The van der Waals surface area contributed by atoms with E-state index in [2.05, 4.69) is 10.3 Å². The third-order valence-corrected chi connectivity index (χ3v) is 3.15. The van der Waals surface area contributed by atoms with Crippen LogP contribution in [0.25, 0.3) is 10.9 Å². The molecule has 2 aromatic rings. The van der Waals surface area contributed by atoms with E-state index in [0.717, 1.165) is 0 Å². The summed E-state index contributed by atoms with van der Waals surface area (Å²) in [5.74, 6) is -0.311. The van der Waals surface area contributed by atoms with Gasteiger partial charge in [0, 0.05) is 35.5 Å². The predicted molar refractivity (Wildman–Crippen MR) is 77.8 cm³/mol. The van der Waals surface area contributed by atoms with Gasteiger partial charge in [-0.25, -0.2) is 0 Å². The SMILES string of the molecule is CC(C)(CO)CNC(=O)c1cc(=O)[nH]c2ccccc12. The number of carbonyl (C=O) groups is 1. The fourth-order valence-electron chi connectivity index (χ4n) is 1.86. The van der Waals surface area contributed by atoms with Gasteiger partial charge in [-0.1, -0.05) is 32.0 Å². The summed E-state index contributed by atoms with van der Waals surface area (Å²) >= 11 is 0. The summed E-state index contributed by atoms with van der Waals surface area (Å²) in [6, 6.07) is 8.45. The van der Waals surface area contributed by atoms with Crippen molar-refractivity contribution in [2.75, 3.05) is 13.2 Å². The van der Waals surface area contributed by atoms with Gasteiger partial charge in [0.05, 0.1) is 5.56 Å². The zero-order valence-electron chi connectivity index (χ0n) is 11.6. The summed E-state index contributed by atoms with van der Waals surface area (Å²) < 4.78 is 0. The zero-order valence-corrected chi connectivity index (χ0v) is 11.6. The third kappa shape index (κ3) is 3.05. The molecule has 3 N–H and O–H groups in total. The lowest BCUT2D eigenvalue weighted by atomic mass is 9.95. The molecule has 1 aromatic carbocycles. The molecule has 0 fully saturated rings. The number of para-hydroxylation sites is 1. The van der Waals surface area contributed by atoms with Crippen molar-refractivity contribution in [1.82, 2.24) is 10.3 Å². The number of pyridine rings is 1. The number of benzene rings is 1. The molecule has 0 aliphatic carbocycles. The molecule has 1 amide bonds. The number of aromatic nitrogens is 1. The number of fused-ring (bicyclic) bond motifs is 1. The zero-order chi connectivity index (χ0) is 14.8. The van der Waals surface area contributed by atoms with Crippen LogP contribution < -0.4 is 10.9 Å². The van der Waals surface area contributed by atoms with Gasteiger partial charge in [-0.3, -0.25) is 9.59 Å². The lowest BCUT2D eigenvalue weighted by molar-refractivity contribution is 0.0912. The van der Waals surface area contributed by atoms with Gasteiger partial charge in [0.25, 0.3) is 5.91 Å². The Kier molecular flexibility index (Phi) is 3.90. The topological polar surface area (TPSA) is 82.2 Å². The largest absolute Gasteiger partial charge is 0.396 e. The minimum absolute atomic E-state index is 0.0244. The average Bonchev–Trinajstić information content (AvgIpc) is 2.44. The van der Waals surface area contributed by atoms with Crippen LogP contribution in [0.1, 0.15) is 24.2 Å². The third-order valence-electron chi connectivity index (χ3n) is 3.15. The Labute approximate surface area is 116 Å². The summed E-state index contributed by atoms with van der Waals surface area (Å²) in [7, 11) is 0.